The fraction of sp³-hybridized carbons (Fsp3) is 0.394. The summed E-state index contributed by atoms with van der Waals surface area (Å²) in [6, 6.07) is 15.8. The van der Waals surface area contributed by atoms with Gasteiger partial charge in [-0.3, -0.25) is 9.59 Å². The predicted octanol–water partition coefficient (Wildman–Crippen LogP) is 4.19. The number of anilines is 1. The summed E-state index contributed by atoms with van der Waals surface area (Å²) in [7, 11) is 0. The second kappa shape index (κ2) is 13.9. The number of benzene rings is 3. The summed E-state index contributed by atoms with van der Waals surface area (Å²) in [6.07, 6.45) is 0.911. The van der Waals surface area contributed by atoms with Gasteiger partial charge in [0.1, 0.15) is 23.5 Å². The third kappa shape index (κ3) is 6.98. The zero-order valence-corrected chi connectivity index (χ0v) is 25.5. The van der Waals surface area contributed by atoms with Gasteiger partial charge in [0, 0.05) is 80.8 Å². The highest BCUT2D eigenvalue weighted by Gasteiger charge is 2.32. The molecule has 8 nitrogen and oxygen atoms in total. The summed E-state index contributed by atoms with van der Waals surface area (Å²) >= 11 is 0. The largest absolute Gasteiger partial charge is 0.488 e. The Labute approximate surface area is 262 Å². The summed E-state index contributed by atoms with van der Waals surface area (Å²) in [4.78, 5) is 32.8. The van der Waals surface area contributed by atoms with Crippen LogP contribution in [-0.4, -0.2) is 92.7 Å². The highest BCUT2D eigenvalue weighted by molar-refractivity contribution is 5.98. The first-order valence-electron chi connectivity index (χ1n) is 15.0. The third-order valence-electron chi connectivity index (χ3n) is 8.48. The van der Waals surface area contributed by atoms with Crippen molar-refractivity contribution in [3.63, 3.8) is 0 Å². The molecule has 0 saturated carbocycles. The molecule has 3 aromatic carbocycles. The molecule has 6 rings (SSSR count). The average Bonchev–Trinajstić information content (AvgIpc) is 3.54. The van der Waals surface area contributed by atoms with Crippen molar-refractivity contribution >= 4 is 29.9 Å². The van der Waals surface area contributed by atoms with Crippen LogP contribution in [0.3, 0.4) is 0 Å². The lowest BCUT2D eigenvalue weighted by atomic mass is 10.00. The second-order valence-corrected chi connectivity index (χ2v) is 11.5. The van der Waals surface area contributed by atoms with E-state index in [-0.39, 0.29) is 42.2 Å². The van der Waals surface area contributed by atoms with Gasteiger partial charge in [-0.15, -0.1) is 12.4 Å². The van der Waals surface area contributed by atoms with Crippen LogP contribution < -0.4 is 20.3 Å². The zero-order chi connectivity index (χ0) is 29.9. The average molecular weight is 626 g/mol. The van der Waals surface area contributed by atoms with E-state index >= 15 is 0 Å². The van der Waals surface area contributed by atoms with E-state index in [4.69, 9.17) is 4.74 Å². The quantitative estimate of drug-likeness (QED) is 0.428. The lowest BCUT2D eigenvalue weighted by molar-refractivity contribution is 0.0414. The molecule has 44 heavy (non-hydrogen) atoms. The van der Waals surface area contributed by atoms with Crippen molar-refractivity contribution in [1.82, 2.24) is 20.4 Å². The fourth-order valence-corrected chi connectivity index (χ4v) is 6.12. The smallest absolute Gasteiger partial charge is 0.254 e. The highest BCUT2D eigenvalue weighted by atomic mass is 35.5. The van der Waals surface area contributed by atoms with Gasteiger partial charge in [-0.25, -0.2) is 8.78 Å². The van der Waals surface area contributed by atoms with Gasteiger partial charge in [-0.1, -0.05) is 12.1 Å². The van der Waals surface area contributed by atoms with Crippen LogP contribution in [0, 0.1) is 11.6 Å². The first kappa shape index (κ1) is 31.7. The Morgan fingerprint density at radius 3 is 2.30 bits per heavy atom. The number of piperazine rings is 2. The van der Waals surface area contributed by atoms with Crippen molar-refractivity contribution in [2.75, 3.05) is 63.8 Å². The van der Waals surface area contributed by atoms with Crippen LogP contribution in [0.4, 0.5) is 14.5 Å². The van der Waals surface area contributed by atoms with Gasteiger partial charge < -0.3 is 30.1 Å². The lowest BCUT2D eigenvalue weighted by Crippen LogP contribution is -2.55. The summed E-state index contributed by atoms with van der Waals surface area (Å²) in [5.41, 5.74) is 3.01. The van der Waals surface area contributed by atoms with Crippen molar-refractivity contribution in [2.45, 2.75) is 25.5 Å². The van der Waals surface area contributed by atoms with Crippen molar-refractivity contribution in [1.29, 1.82) is 0 Å². The van der Waals surface area contributed by atoms with E-state index in [1.807, 2.05) is 19.1 Å². The van der Waals surface area contributed by atoms with E-state index in [0.29, 0.717) is 42.2 Å². The SMILES string of the molecule is C[C@H]1CN(C(=O)c2cc(F)cc(N3CCNCC3)c2)CCN1C(=O)c1ccc(O[C@H]2CCNC2)c(-c2ccc(F)cc2)c1.Cl. The Bertz CT molecular complexity index is 1480. The molecule has 11 heteroatoms. The van der Waals surface area contributed by atoms with Crippen LogP contribution in [0.1, 0.15) is 34.1 Å². The number of hydrogen-bond donors (Lipinski definition) is 2. The lowest BCUT2D eigenvalue weighted by Gasteiger charge is -2.40. The Morgan fingerprint density at radius 2 is 1.59 bits per heavy atom. The molecule has 2 amide bonds. The van der Waals surface area contributed by atoms with Gasteiger partial charge in [0.05, 0.1) is 0 Å². The minimum absolute atomic E-state index is 0. The summed E-state index contributed by atoms with van der Waals surface area (Å²) < 4.78 is 34.5. The number of hydrogen-bond acceptors (Lipinski definition) is 6. The molecule has 0 aliphatic carbocycles. The van der Waals surface area contributed by atoms with E-state index in [9.17, 15) is 18.4 Å². The van der Waals surface area contributed by atoms with Crippen molar-refractivity contribution in [3.8, 4) is 16.9 Å². The number of ether oxygens (including phenoxy) is 1. The Balaban J connectivity index is 0.00000384. The topological polar surface area (TPSA) is 77.2 Å². The van der Waals surface area contributed by atoms with Gasteiger partial charge in [0.2, 0.25) is 0 Å². The summed E-state index contributed by atoms with van der Waals surface area (Å²) in [5.74, 6) is -0.511. The normalized spacial score (nSPS) is 20.3. The van der Waals surface area contributed by atoms with Crippen LogP contribution in [0.15, 0.2) is 60.7 Å². The van der Waals surface area contributed by atoms with Crippen molar-refractivity contribution < 1.29 is 23.1 Å². The number of carbonyl (C=O) groups is 2. The molecule has 0 aromatic heterocycles. The third-order valence-corrected chi connectivity index (χ3v) is 8.48. The molecule has 3 saturated heterocycles. The van der Waals surface area contributed by atoms with Gasteiger partial charge in [-0.05, 0) is 74.0 Å². The Kier molecular flexibility index (Phi) is 10.0. The van der Waals surface area contributed by atoms with E-state index < -0.39 is 5.82 Å². The predicted molar refractivity (Wildman–Crippen MR) is 169 cm³/mol. The molecule has 2 N–H and O–H groups in total. The minimum Gasteiger partial charge on any atom is -0.488 e. The number of rotatable bonds is 6. The molecule has 2 atom stereocenters. The molecule has 3 fully saturated rings. The van der Waals surface area contributed by atoms with E-state index in [1.165, 1.54) is 24.3 Å². The van der Waals surface area contributed by atoms with Crippen LogP contribution in [0.5, 0.6) is 5.75 Å². The molecule has 0 unspecified atom stereocenters. The number of nitrogens with one attached hydrogen (secondary N) is 2. The van der Waals surface area contributed by atoms with Gasteiger partial charge in [0.15, 0.2) is 0 Å². The van der Waals surface area contributed by atoms with Gasteiger partial charge >= 0.3 is 0 Å². The summed E-state index contributed by atoms with van der Waals surface area (Å²) in [6.45, 7) is 7.71. The second-order valence-electron chi connectivity index (χ2n) is 11.5. The molecule has 3 aliphatic heterocycles. The highest BCUT2D eigenvalue weighted by Crippen LogP contribution is 2.33. The van der Waals surface area contributed by atoms with Crippen LogP contribution in [-0.2, 0) is 0 Å². The number of halogens is 3. The maximum absolute atomic E-state index is 14.6. The minimum atomic E-state index is -0.435. The van der Waals surface area contributed by atoms with E-state index in [2.05, 4.69) is 15.5 Å². The molecule has 3 aliphatic rings. The number of nitrogens with zero attached hydrogens (tertiary/aromatic N) is 3. The maximum Gasteiger partial charge on any atom is 0.254 e. The standard InChI is InChI=1S/C33H37F2N5O3.ClH/c1-22-21-39(32(41)25-16-27(35)19-28(17-25)38-12-10-36-11-13-38)14-15-40(22)33(42)24-4-7-31(43-29-8-9-37-20-29)30(18-24)23-2-5-26(34)6-3-23;/h2-7,16-19,22,29,36-37H,8-15,20-21H2,1H3;1H/t22-,29-;/m0./s1. The fourth-order valence-electron chi connectivity index (χ4n) is 6.12. The maximum atomic E-state index is 14.6. The number of amides is 2. The number of carbonyl (C=O) groups excluding carboxylic acids is 2. The Morgan fingerprint density at radius 1 is 0.818 bits per heavy atom. The molecular formula is C33H38ClF2N5O3. The molecule has 3 heterocycles. The first-order chi connectivity index (χ1) is 20.9. The van der Waals surface area contributed by atoms with E-state index in [0.717, 1.165) is 56.8 Å². The van der Waals surface area contributed by atoms with Crippen molar-refractivity contribution in [3.05, 3.63) is 83.4 Å². The molecule has 0 bridgehead atoms. The summed E-state index contributed by atoms with van der Waals surface area (Å²) in [5, 5.41) is 6.58. The zero-order valence-electron chi connectivity index (χ0n) is 24.7. The molecule has 3 aromatic rings. The first-order valence-corrected chi connectivity index (χ1v) is 15.0. The molecular weight excluding hydrogens is 588 g/mol. The van der Waals surface area contributed by atoms with Gasteiger partial charge in [0.25, 0.3) is 11.8 Å². The molecule has 234 valence electrons. The van der Waals surface area contributed by atoms with Crippen LogP contribution in [0.25, 0.3) is 11.1 Å². The van der Waals surface area contributed by atoms with Crippen LogP contribution >= 0.6 is 12.4 Å². The van der Waals surface area contributed by atoms with Crippen molar-refractivity contribution in [2.24, 2.45) is 0 Å². The van der Waals surface area contributed by atoms with Gasteiger partial charge in [-0.2, -0.15) is 0 Å². The molecule has 0 spiro atoms. The van der Waals surface area contributed by atoms with E-state index in [1.54, 1.807) is 34.1 Å². The Hall–Kier alpha value is -3.73. The monoisotopic (exact) mass is 625 g/mol. The van der Waals surface area contributed by atoms with Crippen LogP contribution in [0.2, 0.25) is 0 Å². The molecule has 0 radical (unpaired) electrons.